The van der Waals surface area contributed by atoms with Crippen LogP contribution < -0.4 is 0 Å². The van der Waals surface area contributed by atoms with Gasteiger partial charge in [-0.1, -0.05) is 18.2 Å². The van der Waals surface area contributed by atoms with E-state index in [1.54, 1.807) is 6.07 Å². The Hall–Kier alpha value is -2.49. The summed E-state index contributed by atoms with van der Waals surface area (Å²) in [6, 6.07) is 10.0. The highest BCUT2D eigenvalue weighted by Gasteiger charge is 2.20. The molecule has 0 atom stereocenters. The van der Waals surface area contributed by atoms with Gasteiger partial charge in [-0.15, -0.1) is 0 Å². The van der Waals surface area contributed by atoms with Gasteiger partial charge in [0, 0.05) is 34.4 Å². The molecule has 0 saturated heterocycles. The molecule has 4 heteroatoms. The fourth-order valence-electron chi connectivity index (χ4n) is 2.99. The van der Waals surface area contributed by atoms with Crippen molar-refractivity contribution in [2.75, 3.05) is 0 Å². The number of nitrogens with one attached hydrogen (secondary N) is 1. The molecule has 0 aliphatic rings. The largest absolute Gasteiger partial charge is 0.478 e. The zero-order chi connectivity index (χ0) is 15.1. The van der Waals surface area contributed by atoms with E-state index in [1.807, 2.05) is 31.3 Å². The number of carboxylic acids is 1. The molecule has 0 aliphatic heterocycles. The fraction of sp³-hybridized carbons (Fsp3) is 0.235. The normalized spacial score (nSPS) is 11.4. The molecular weight excluding hydrogens is 264 g/mol. The van der Waals surface area contributed by atoms with Crippen molar-refractivity contribution in [1.29, 1.82) is 0 Å². The molecule has 108 valence electrons. The Morgan fingerprint density at radius 2 is 2.00 bits per heavy atom. The van der Waals surface area contributed by atoms with Gasteiger partial charge in [-0.25, -0.2) is 4.79 Å². The zero-order valence-corrected chi connectivity index (χ0v) is 12.3. The Bertz CT molecular complexity index is 825. The second-order valence-electron chi connectivity index (χ2n) is 5.55. The van der Waals surface area contributed by atoms with E-state index in [1.165, 1.54) is 0 Å². The maximum Gasteiger partial charge on any atom is 0.337 e. The number of fused-ring (bicyclic) bond motifs is 1. The van der Waals surface area contributed by atoms with Gasteiger partial charge in [0.1, 0.15) is 0 Å². The van der Waals surface area contributed by atoms with Gasteiger partial charge in [0.15, 0.2) is 0 Å². The standard InChI is InChI=1S/C17H18N2O2/c1-10(2)19-11(3)13(17(20)21)8-16(19)14-9-18-15-7-5-4-6-12(14)15/h4-10,18H,1-3H3,(H,20,21). The molecule has 0 amide bonds. The van der Waals surface area contributed by atoms with Gasteiger partial charge in [0.2, 0.25) is 0 Å². The van der Waals surface area contributed by atoms with Gasteiger partial charge in [-0.3, -0.25) is 0 Å². The topological polar surface area (TPSA) is 58.0 Å². The first-order chi connectivity index (χ1) is 10.0. The number of hydrogen-bond acceptors (Lipinski definition) is 1. The third-order valence-corrected chi connectivity index (χ3v) is 3.90. The molecule has 4 nitrogen and oxygen atoms in total. The average molecular weight is 282 g/mol. The van der Waals surface area contributed by atoms with Crippen LogP contribution >= 0.6 is 0 Å². The summed E-state index contributed by atoms with van der Waals surface area (Å²) in [5, 5.41) is 10.5. The van der Waals surface area contributed by atoms with Crippen LogP contribution in [0.2, 0.25) is 0 Å². The van der Waals surface area contributed by atoms with E-state index >= 15 is 0 Å². The molecule has 0 spiro atoms. The number of benzene rings is 1. The summed E-state index contributed by atoms with van der Waals surface area (Å²) < 4.78 is 2.08. The molecule has 0 fully saturated rings. The van der Waals surface area contributed by atoms with Crippen molar-refractivity contribution in [1.82, 2.24) is 9.55 Å². The van der Waals surface area contributed by atoms with Crippen LogP contribution in [0.1, 0.15) is 35.9 Å². The highest BCUT2D eigenvalue weighted by Crippen LogP contribution is 2.33. The summed E-state index contributed by atoms with van der Waals surface area (Å²) >= 11 is 0. The summed E-state index contributed by atoms with van der Waals surface area (Å²) in [5.41, 5.74) is 4.19. The lowest BCUT2D eigenvalue weighted by atomic mass is 10.1. The minimum atomic E-state index is -0.881. The maximum atomic E-state index is 11.4. The summed E-state index contributed by atoms with van der Waals surface area (Å²) in [6.45, 7) is 6.00. The molecule has 21 heavy (non-hydrogen) atoms. The third kappa shape index (κ3) is 2.03. The fourth-order valence-corrected chi connectivity index (χ4v) is 2.99. The molecule has 0 radical (unpaired) electrons. The van der Waals surface area contributed by atoms with Crippen molar-refractivity contribution in [3.05, 3.63) is 47.8 Å². The molecule has 3 aromatic rings. The molecule has 2 aromatic heterocycles. The summed E-state index contributed by atoms with van der Waals surface area (Å²) in [6.07, 6.45) is 1.95. The van der Waals surface area contributed by atoms with Crippen LogP contribution in [0.3, 0.4) is 0 Å². The number of carbonyl (C=O) groups is 1. The first kappa shape index (κ1) is 13.5. The third-order valence-electron chi connectivity index (χ3n) is 3.90. The Balaban J connectivity index is 2.31. The van der Waals surface area contributed by atoms with E-state index < -0.39 is 5.97 Å². The van der Waals surface area contributed by atoms with Crippen molar-refractivity contribution in [2.45, 2.75) is 26.8 Å². The van der Waals surface area contributed by atoms with Gasteiger partial charge in [-0.05, 0) is 32.9 Å². The molecular formula is C17H18N2O2. The second-order valence-corrected chi connectivity index (χ2v) is 5.55. The highest BCUT2D eigenvalue weighted by molar-refractivity contribution is 5.97. The minimum absolute atomic E-state index is 0.196. The van der Waals surface area contributed by atoms with Crippen molar-refractivity contribution >= 4 is 16.9 Å². The van der Waals surface area contributed by atoms with Crippen LogP contribution in [-0.4, -0.2) is 20.6 Å². The quantitative estimate of drug-likeness (QED) is 0.755. The number of rotatable bonds is 3. The Morgan fingerprint density at radius 3 is 2.67 bits per heavy atom. The summed E-state index contributed by atoms with van der Waals surface area (Å²) in [4.78, 5) is 14.7. The first-order valence-corrected chi connectivity index (χ1v) is 7.02. The predicted octanol–water partition coefficient (Wildman–Crippen LogP) is 4.22. The summed E-state index contributed by atoms with van der Waals surface area (Å²) in [7, 11) is 0. The number of H-pyrrole nitrogens is 1. The van der Waals surface area contributed by atoms with E-state index in [0.717, 1.165) is 27.9 Å². The van der Waals surface area contributed by atoms with E-state index in [4.69, 9.17) is 0 Å². The molecule has 0 aliphatic carbocycles. The summed E-state index contributed by atoms with van der Waals surface area (Å²) in [5.74, 6) is -0.881. The number of para-hydroxylation sites is 1. The second kappa shape index (κ2) is 4.81. The van der Waals surface area contributed by atoms with E-state index in [-0.39, 0.29) is 6.04 Å². The molecule has 0 bridgehead atoms. The predicted molar refractivity (Wildman–Crippen MR) is 83.8 cm³/mol. The Morgan fingerprint density at radius 1 is 1.29 bits per heavy atom. The number of aromatic nitrogens is 2. The Labute approximate surface area is 123 Å². The number of nitrogens with zero attached hydrogens (tertiary/aromatic N) is 1. The van der Waals surface area contributed by atoms with E-state index in [2.05, 4.69) is 29.5 Å². The van der Waals surface area contributed by atoms with Crippen molar-refractivity contribution in [3.63, 3.8) is 0 Å². The molecule has 1 aromatic carbocycles. The molecule has 0 saturated carbocycles. The van der Waals surface area contributed by atoms with Crippen LogP contribution in [0, 0.1) is 6.92 Å². The van der Waals surface area contributed by atoms with Gasteiger partial charge >= 0.3 is 5.97 Å². The van der Waals surface area contributed by atoms with Crippen molar-refractivity contribution in [3.8, 4) is 11.3 Å². The lowest BCUT2D eigenvalue weighted by Gasteiger charge is -2.15. The molecule has 0 unspecified atom stereocenters. The van der Waals surface area contributed by atoms with Crippen LogP contribution in [-0.2, 0) is 0 Å². The van der Waals surface area contributed by atoms with Gasteiger partial charge < -0.3 is 14.7 Å². The van der Waals surface area contributed by atoms with Crippen molar-refractivity contribution in [2.24, 2.45) is 0 Å². The van der Waals surface area contributed by atoms with Crippen LogP contribution in [0.5, 0.6) is 0 Å². The van der Waals surface area contributed by atoms with Crippen LogP contribution in [0.4, 0.5) is 0 Å². The van der Waals surface area contributed by atoms with E-state index in [0.29, 0.717) is 5.56 Å². The molecule has 3 rings (SSSR count). The van der Waals surface area contributed by atoms with Crippen molar-refractivity contribution < 1.29 is 9.90 Å². The first-order valence-electron chi connectivity index (χ1n) is 7.02. The number of aromatic amines is 1. The van der Waals surface area contributed by atoms with Crippen LogP contribution in [0.15, 0.2) is 36.5 Å². The molecule has 2 N–H and O–H groups in total. The molecule has 2 heterocycles. The number of aromatic carboxylic acids is 1. The monoisotopic (exact) mass is 282 g/mol. The van der Waals surface area contributed by atoms with E-state index in [9.17, 15) is 9.90 Å². The lowest BCUT2D eigenvalue weighted by Crippen LogP contribution is -2.06. The maximum absolute atomic E-state index is 11.4. The minimum Gasteiger partial charge on any atom is -0.478 e. The SMILES string of the molecule is Cc1c(C(=O)O)cc(-c2c[nH]c3ccccc23)n1C(C)C. The smallest absolute Gasteiger partial charge is 0.337 e. The lowest BCUT2D eigenvalue weighted by molar-refractivity contribution is 0.0696. The van der Waals surface area contributed by atoms with Gasteiger partial charge in [0.05, 0.1) is 11.3 Å². The highest BCUT2D eigenvalue weighted by atomic mass is 16.4. The number of carboxylic acid groups (broad SMARTS) is 1. The Kier molecular flexibility index (Phi) is 3.09. The zero-order valence-electron chi connectivity index (χ0n) is 12.3. The van der Waals surface area contributed by atoms with Gasteiger partial charge in [0.25, 0.3) is 0 Å². The van der Waals surface area contributed by atoms with Crippen LogP contribution in [0.25, 0.3) is 22.2 Å². The number of hydrogen-bond donors (Lipinski definition) is 2. The van der Waals surface area contributed by atoms with Gasteiger partial charge in [-0.2, -0.15) is 0 Å². The average Bonchev–Trinajstić information content (AvgIpc) is 2.99.